The highest BCUT2D eigenvalue weighted by atomic mass is 16.5. The van der Waals surface area contributed by atoms with Crippen LogP contribution in [0.4, 0.5) is 0 Å². The Morgan fingerprint density at radius 1 is 1.09 bits per heavy atom. The lowest BCUT2D eigenvalue weighted by atomic mass is 9.95. The van der Waals surface area contributed by atoms with Crippen molar-refractivity contribution in [2.75, 3.05) is 19.8 Å². The van der Waals surface area contributed by atoms with Crippen molar-refractivity contribution in [3.63, 3.8) is 0 Å². The molecule has 2 aromatic carbocycles. The highest BCUT2D eigenvalue weighted by molar-refractivity contribution is 5.78. The van der Waals surface area contributed by atoms with Crippen LogP contribution in [0.25, 0.3) is 11.1 Å². The van der Waals surface area contributed by atoms with Crippen LogP contribution >= 0.6 is 0 Å². The second kappa shape index (κ2) is 5.62. The minimum atomic E-state index is 0.328. The lowest BCUT2D eigenvalue weighted by Gasteiger charge is -2.36. The summed E-state index contributed by atoms with van der Waals surface area (Å²) in [5, 5.41) is 0. The molecule has 0 N–H and O–H groups in total. The van der Waals surface area contributed by atoms with Crippen LogP contribution in [0.2, 0.25) is 0 Å². The van der Waals surface area contributed by atoms with Gasteiger partial charge in [0.1, 0.15) is 0 Å². The Labute approximate surface area is 132 Å². The first kappa shape index (κ1) is 13.6. The fourth-order valence-corrected chi connectivity index (χ4v) is 3.75. The van der Waals surface area contributed by atoms with Crippen molar-refractivity contribution >= 4 is 0 Å². The second-order valence-corrected chi connectivity index (χ2v) is 6.02. The SMILES string of the molecule is CC=CN1CCOCC1c1cccc2c1Cc1ccccc1-2. The molecule has 112 valence electrons. The van der Waals surface area contributed by atoms with Crippen LogP contribution in [-0.4, -0.2) is 24.7 Å². The van der Waals surface area contributed by atoms with Crippen LogP contribution in [0, 0.1) is 0 Å². The first-order valence-corrected chi connectivity index (χ1v) is 8.05. The smallest absolute Gasteiger partial charge is 0.0774 e. The highest BCUT2D eigenvalue weighted by Crippen LogP contribution is 2.41. The molecule has 0 bridgehead atoms. The maximum absolute atomic E-state index is 5.77. The summed E-state index contributed by atoms with van der Waals surface area (Å²) in [6.45, 7) is 4.64. The van der Waals surface area contributed by atoms with Gasteiger partial charge in [0, 0.05) is 6.54 Å². The number of rotatable bonds is 2. The van der Waals surface area contributed by atoms with Crippen molar-refractivity contribution in [2.45, 2.75) is 19.4 Å². The predicted molar refractivity (Wildman–Crippen MR) is 89.8 cm³/mol. The van der Waals surface area contributed by atoms with E-state index in [0.29, 0.717) is 6.04 Å². The van der Waals surface area contributed by atoms with Crippen molar-refractivity contribution in [1.29, 1.82) is 0 Å². The lowest BCUT2D eigenvalue weighted by molar-refractivity contribution is 0.0152. The molecule has 0 aromatic heterocycles. The number of nitrogens with zero attached hydrogens (tertiary/aromatic N) is 1. The Balaban J connectivity index is 1.78. The summed E-state index contributed by atoms with van der Waals surface area (Å²) in [7, 11) is 0. The second-order valence-electron chi connectivity index (χ2n) is 6.02. The molecule has 4 rings (SSSR count). The van der Waals surface area contributed by atoms with Gasteiger partial charge in [0.2, 0.25) is 0 Å². The monoisotopic (exact) mass is 291 g/mol. The molecule has 22 heavy (non-hydrogen) atoms. The van der Waals surface area contributed by atoms with E-state index in [2.05, 4.69) is 66.6 Å². The fourth-order valence-electron chi connectivity index (χ4n) is 3.75. The summed E-state index contributed by atoms with van der Waals surface area (Å²) in [4.78, 5) is 2.42. The van der Waals surface area contributed by atoms with E-state index in [4.69, 9.17) is 4.74 Å². The standard InChI is InChI=1S/C20H21NO/c1-2-10-21-11-12-22-14-20(21)18-9-5-8-17-16-7-4-3-6-15(16)13-19(17)18/h2-10,20H,11-14H2,1H3. The molecular formula is C20H21NO. The third-order valence-electron chi connectivity index (χ3n) is 4.76. The Kier molecular flexibility index (Phi) is 3.47. The number of fused-ring (bicyclic) bond motifs is 3. The van der Waals surface area contributed by atoms with Gasteiger partial charge in [-0.25, -0.2) is 0 Å². The van der Waals surface area contributed by atoms with Crippen LogP contribution in [-0.2, 0) is 11.2 Å². The first-order chi connectivity index (χ1) is 10.9. The van der Waals surface area contributed by atoms with Gasteiger partial charge in [0.15, 0.2) is 0 Å². The summed E-state index contributed by atoms with van der Waals surface area (Å²) in [6, 6.07) is 15.8. The Bertz CT molecular complexity index is 719. The van der Waals surface area contributed by atoms with Crippen LogP contribution in [0.1, 0.15) is 29.7 Å². The predicted octanol–water partition coefficient (Wildman–Crippen LogP) is 4.16. The molecule has 1 fully saturated rings. The van der Waals surface area contributed by atoms with E-state index in [1.807, 2.05) is 0 Å². The van der Waals surface area contributed by atoms with Crippen molar-refractivity contribution in [3.05, 3.63) is 71.4 Å². The number of benzene rings is 2. The molecule has 1 saturated heterocycles. The summed E-state index contributed by atoms with van der Waals surface area (Å²) < 4.78 is 5.77. The molecule has 0 amide bonds. The molecule has 2 nitrogen and oxygen atoms in total. The van der Waals surface area contributed by atoms with E-state index >= 15 is 0 Å². The molecule has 2 heteroatoms. The van der Waals surface area contributed by atoms with Gasteiger partial charge in [-0.15, -0.1) is 0 Å². The Morgan fingerprint density at radius 3 is 2.86 bits per heavy atom. The normalized spacial score (nSPS) is 20.2. The van der Waals surface area contributed by atoms with Gasteiger partial charge >= 0.3 is 0 Å². The third kappa shape index (κ3) is 2.15. The molecule has 0 saturated carbocycles. The number of allylic oxidation sites excluding steroid dienone is 1. The van der Waals surface area contributed by atoms with Gasteiger partial charge < -0.3 is 9.64 Å². The molecule has 1 heterocycles. The molecular weight excluding hydrogens is 270 g/mol. The van der Waals surface area contributed by atoms with Gasteiger partial charge in [0.05, 0.1) is 19.3 Å². The number of morpholine rings is 1. The van der Waals surface area contributed by atoms with Crippen molar-refractivity contribution < 1.29 is 4.74 Å². The van der Waals surface area contributed by atoms with E-state index in [1.54, 1.807) is 0 Å². The van der Waals surface area contributed by atoms with E-state index < -0.39 is 0 Å². The summed E-state index contributed by atoms with van der Waals surface area (Å²) in [5.74, 6) is 0. The van der Waals surface area contributed by atoms with Gasteiger partial charge in [-0.3, -0.25) is 0 Å². The molecule has 1 aliphatic heterocycles. The topological polar surface area (TPSA) is 12.5 Å². The lowest BCUT2D eigenvalue weighted by Crippen LogP contribution is -2.36. The quantitative estimate of drug-likeness (QED) is 0.703. The van der Waals surface area contributed by atoms with Gasteiger partial charge in [0.25, 0.3) is 0 Å². The maximum atomic E-state index is 5.77. The first-order valence-electron chi connectivity index (χ1n) is 8.05. The summed E-state index contributed by atoms with van der Waals surface area (Å²) in [5.41, 5.74) is 7.15. The minimum Gasteiger partial charge on any atom is -0.377 e. The molecule has 0 radical (unpaired) electrons. The van der Waals surface area contributed by atoms with Crippen molar-refractivity contribution in [3.8, 4) is 11.1 Å². The van der Waals surface area contributed by atoms with E-state index in [-0.39, 0.29) is 0 Å². The van der Waals surface area contributed by atoms with Crippen LogP contribution in [0.5, 0.6) is 0 Å². The number of hydrogen-bond acceptors (Lipinski definition) is 2. The zero-order chi connectivity index (χ0) is 14.9. The summed E-state index contributed by atoms with van der Waals surface area (Å²) in [6.07, 6.45) is 5.37. The van der Waals surface area contributed by atoms with E-state index in [0.717, 1.165) is 26.2 Å². The Morgan fingerprint density at radius 2 is 1.95 bits per heavy atom. The average molecular weight is 291 g/mol. The average Bonchev–Trinajstić information content (AvgIpc) is 2.94. The molecule has 2 aromatic rings. The van der Waals surface area contributed by atoms with E-state index in [9.17, 15) is 0 Å². The third-order valence-corrected chi connectivity index (χ3v) is 4.76. The molecule has 1 aliphatic carbocycles. The van der Waals surface area contributed by atoms with Crippen molar-refractivity contribution in [1.82, 2.24) is 4.90 Å². The fraction of sp³-hybridized carbons (Fsp3) is 0.300. The zero-order valence-electron chi connectivity index (χ0n) is 13.0. The number of ether oxygens (including phenoxy) is 1. The largest absolute Gasteiger partial charge is 0.377 e. The maximum Gasteiger partial charge on any atom is 0.0774 e. The van der Waals surface area contributed by atoms with Crippen LogP contribution < -0.4 is 0 Å². The molecule has 1 unspecified atom stereocenters. The number of hydrogen-bond donors (Lipinski definition) is 0. The van der Waals surface area contributed by atoms with Gasteiger partial charge in [-0.05, 0) is 47.4 Å². The molecule has 0 spiro atoms. The highest BCUT2D eigenvalue weighted by Gasteiger charge is 2.28. The van der Waals surface area contributed by atoms with Crippen LogP contribution in [0.15, 0.2) is 54.7 Å². The Hall–Kier alpha value is -2.06. The minimum absolute atomic E-state index is 0.328. The van der Waals surface area contributed by atoms with Crippen molar-refractivity contribution in [2.24, 2.45) is 0 Å². The van der Waals surface area contributed by atoms with Crippen LogP contribution in [0.3, 0.4) is 0 Å². The zero-order valence-corrected chi connectivity index (χ0v) is 13.0. The van der Waals surface area contributed by atoms with E-state index in [1.165, 1.54) is 27.8 Å². The molecule has 1 atom stereocenters. The van der Waals surface area contributed by atoms with Gasteiger partial charge in [-0.2, -0.15) is 0 Å². The van der Waals surface area contributed by atoms with Gasteiger partial charge in [-0.1, -0.05) is 48.5 Å². The summed E-state index contributed by atoms with van der Waals surface area (Å²) >= 11 is 0. The molecule has 2 aliphatic rings.